The molecule has 0 fully saturated rings. The zero-order chi connectivity index (χ0) is 68.2. The van der Waals surface area contributed by atoms with Gasteiger partial charge in [-0.2, -0.15) is 0 Å². The number of benzene rings is 9. The molecule has 19 heteroatoms. The van der Waals surface area contributed by atoms with Gasteiger partial charge in [-0.1, -0.05) is 164 Å². The van der Waals surface area contributed by atoms with Gasteiger partial charge < -0.3 is 44.4 Å². The molecule has 0 aliphatic rings. The van der Waals surface area contributed by atoms with Crippen molar-refractivity contribution in [1.82, 2.24) is 0 Å². The Balaban J connectivity index is 0.000000128. The number of carbonyl (C=O) groups is 6. The molecule has 0 unspecified atom stereocenters. The van der Waals surface area contributed by atoms with E-state index in [1.165, 1.54) is 53.4 Å². The van der Waals surface area contributed by atoms with E-state index >= 15 is 0 Å². The predicted octanol–water partition coefficient (Wildman–Crippen LogP) is 18.7. The first-order valence-electron chi connectivity index (χ1n) is 30.6. The van der Waals surface area contributed by atoms with Crippen LogP contribution in [-0.2, 0) is 0 Å². The molecule has 480 valence electrons. The molecule has 9 aromatic carbocycles. The van der Waals surface area contributed by atoms with Crippen molar-refractivity contribution in [2.75, 3.05) is 16.0 Å². The highest BCUT2D eigenvalue weighted by Crippen LogP contribution is 2.42. The highest BCUT2D eigenvalue weighted by molar-refractivity contribution is 7.16. The fourth-order valence-corrected chi connectivity index (χ4v) is 14.6. The smallest absolute Gasteiger partial charge is 0.478 e. The van der Waals surface area contributed by atoms with Gasteiger partial charge in [0, 0.05) is 38.0 Å². The lowest BCUT2D eigenvalue weighted by molar-refractivity contribution is 0.0698. The molecule has 0 bridgehead atoms. The molecule has 0 atom stereocenters. The zero-order valence-electron chi connectivity index (χ0n) is 53.1. The molecular weight excluding hydrogens is 1280 g/mol. The molecule has 15 nitrogen and oxygen atoms in total. The van der Waals surface area contributed by atoms with Crippen LogP contribution in [0.4, 0.5) is 15.0 Å². The van der Waals surface area contributed by atoms with Crippen molar-refractivity contribution in [2.24, 2.45) is 0 Å². The van der Waals surface area contributed by atoms with E-state index in [0.29, 0.717) is 48.9 Å². The summed E-state index contributed by atoms with van der Waals surface area (Å²) in [6, 6.07) is 62.7. The van der Waals surface area contributed by atoms with E-state index in [-0.39, 0.29) is 51.2 Å². The quantitative estimate of drug-likeness (QED) is 0.0495. The third kappa shape index (κ3) is 13.8. The molecule has 0 spiro atoms. The fraction of sp³-hybridized carbons (Fsp3) is 0.0769. The molecule has 15 rings (SSSR count). The Labute approximate surface area is 568 Å². The third-order valence-electron chi connectivity index (χ3n) is 16.4. The second-order valence-electron chi connectivity index (χ2n) is 22.9. The first-order chi connectivity index (χ1) is 46.8. The van der Waals surface area contributed by atoms with E-state index in [1.807, 2.05) is 183 Å². The summed E-state index contributed by atoms with van der Waals surface area (Å²) in [5.41, 5.74) is 11.1. The molecule has 0 aliphatic heterocycles. The van der Waals surface area contributed by atoms with E-state index in [1.54, 1.807) is 35.7 Å². The van der Waals surface area contributed by atoms with Gasteiger partial charge in [-0.25, -0.2) is 4.79 Å². The van der Waals surface area contributed by atoms with Gasteiger partial charge in [-0.05, 0) is 154 Å². The van der Waals surface area contributed by atoms with E-state index in [2.05, 4.69) is 41.1 Å². The summed E-state index contributed by atoms with van der Waals surface area (Å²) in [6.07, 6.45) is 0. The number of carboxylic acids is 1. The van der Waals surface area contributed by atoms with E-state index in [0.717, 1.165) is 81.9 Å². The van der Waals surface area contributed by atoms with Crippen LogP contribution in [0.1, 0.15) is 98.8 Å². The molecule has 15 aromatic rings. The Morgan fingerprint density at radius 3 is 1.08 bits per heavy atom. The molecule has 6 heterocycles. The molecule has 0 aliphatic carbocycles. The summed E-state index contributed by atoms with van der Waals surface area (Å²) in [6.45, 7) is 11.0. The molecule has 6 aromatic heterocycles. The minimum Gasteiger partial charge on any atom is -0.478 e. The van der Waals surface area contributed by atoms with Crippen LogP contribution in [-0.4, -0.2) is 57.5 Å². The number of carboxylic acid groups (broad SMARTS) is 1. The van der Waals surface area contributed by atoms with E-state index < -0.39 is 19.0 Å². The van der Waals surface area contributed by atoms with Crippen LogP contribution in [0.15, 0.2) is 230 Å². The van der Waals surface area contributed by atoms with Gasteiger partial charge in [0.2, 0.25) is 0 Å². The second kappa shape index (κ2) is 28.3. The SMILES string of the molecule is CC(=O)c1c(-c2ccc(C)c3ccccc23)csc1NC(=O)c1cc2ccccc2o1.CC(=O)c1c(C)csc1NC(=O)c1cc2ccccc2o1.Cc1ccc(-c2csc(NC(=O)c3cc4ccccc4o3)c2C(=O)O)c2ccccc12.Cc1ccc(B(O)O)c2ccccc12. The zero-order valence-corrected chi connectivity index (χ0v) is 55.6. The number of hydrogen-bond donors (Lipinski definition) is 6. The number of aromatic carboxylic acids is 1. The Morgan fingerprint density at radius 1 is 0.361 bits per heavy atom. The fourth-order valence-electron chi connectivity index (χ4n) is 11.7. The average Bonchev–Trinajstić information content (AvgIpc) is 1.74. The normalized spacial score (nSPS) is 11.0. The molecule has 0 saturated carbocycles. The van der Waals surface area contributed by atoms with Gasteiger partial charge in [0.05, 0.1) is 11.1 Å². The summed E-state index contributed by atoms with van der Waals surface area (Å²) < 4.78 is 16.8. The van der Waals surface area contributed by atoms with E-state index in [9.17, 15) is 33.9 Å². The van der Waals surface area contributed by atoms with Crippen LogP contribution in [0, 0.1) is 27.7 Å². The minimum absolute atomic E-state index is 0.0614. The molecule has 6 N–H and O–H groups in total. The predicted molar refractivity (Wildman–Crippen MR) is 391 cm³/mol. The summed E-state index contributed by atoms with van der Waals surface area (Å²) in [7, 11) is -1.40. The Morgan fingerprint density at radius 2 is 0.691 bits per heavy atom. The Kier molecular flexibility index (Phi) is 19.2. The monoisotopic (exact) mass is 1340 g/mol. The Hall–Kier alpha value is -11.3. The number of carbonyl (C=O) groups excluding carboxylic acids is 5. The maximum Gasteiger partial charge on any atom is 0.489 e. The van der Waals surface area contributed by atoms with Crippen molar-refractivity contribution in [3.63, 3.8) is 0 Å². The Bertz CT molecular complexity index is 5250. The van der Waals surface area contributed by atoms with Crippen LogP contribution in [0.5, 0.6) is 0 Å². The number of thiophene rings is 3. The lowest BCUT2D eigenvalue weighted by Crippen LogP contribution is -2.30. The van der Waals surface area contributed by atoms with Crippen molar-refractivity contribution in [1.29, 1.82) is 0 Å². The highest BCUT2D eigenvalue weighted by Gasteiger charge is 2.26. The first kappa shape index (κ1) is 65.7. The number of furan rings is 3. The van der Waals surface area contributed by atoms with Gasteiger partial charge >= 0.3 is 13.1 Å². The van der Waals surface area contributed by atoms with Crippen LogP contribution in [0.25, 0.3) is 87.5 Å². The summed E-state index contributed by atoms with van der Waals surface area (Å²) in [4.78, 5) is 74.3. The standard InChI is InChI=1S/C26H19NO3S.C25H17NO4S.C16H13NO3S.C11H11BO2/c1-15-11-12-20(19-9-5-4-8-18(15)19)21-14-31-26(24(21)16(2)28)27-25(29)23-13-17-7-3-6-10-22(17)30-23;1-14-10-11-18(17-8-4-3-7-16(14)17)19-13-31-24(22(19)25(28)29)26-23(27)21-12-15-6-2-5-9-20(15)30-21;1-9-8-21-16(14(9)10(2)18)17-15(19)13-7-11-5-3-4-6-12(11)20-13;1-8-6-7-11(12(13)14)10-5-3-2-4-9(8)10/h3-14H,1-2H3,(H,27,29);2-13H,1H3,(H,26,27)(H,28,29);3-8H,1-2H3,(H,17,19);2-7,13-14H,1H3. The summed E-state index contributed by atoms with van der Waals surface area (Å²) in [5.74, 6) is -1.89. The van der Waals surface area contributed by atoms with Crippen molar-refractivity contribution in [3.05, 3.63) is 273 Å². The van der Waals surface area contributed by atoms with Crippen molar-refractivity contribution < 1.29 is 57.2 Å². The number of hydrogen-bond acceptors (Lipinski definition) is 14. The number of Topliss-reactive ketones (excluding diaryl/α,β-unsaturated/α-hetero) is 2. The van der Waals surface area contributed by atoms with Crippen LogP contribution < -0.4 is 21.4 Å². The van der Waals surface area contributed by atoms with Gasteiger partial charge in [0.25, 0.3) is 17.7 Å². The lowest BCUT2D eigenvalue weighted by Gasteiger charge is -2.10. The van der Waals surface area contributed by atoms with Crippen molar-refractivity contribution >= 4 is 162 Å². The van der Waals surface area contributed by atoms with Crippen molar-refractivity contribution in [2.45, 2.75) is 41.5 Å². The van der Waals surface area contributed by atoms with Crippen LogP contribution >= 0.6 is 34.0 Å². The number of fused-ring (bicyclic) bond motifs is 6. The van der Waals surface area contributed by atoms with Gasteiger partial charge in [-0.15, -0.1) is 34.0 Å². The van der Waals surface area contributed by atoms with Crippen LogP contribution in [0.3, 0.4) is 0 Å². The van der Waals surface area contributed by atoms with E-state index in [4.69, 9.17) is 23.3 Å². The number of aryl methyl sites for hydroxylation is 4. The molecule has 3 amide bonds. The summed E-state index contributed by atoms with van der Waals surface area (Å²) in [5, 5.41) is 52.3. The number of para-hydroxylation sites is 3. The van der Waals surface area contributed by atoms with Gasteiger partial charge in [0.15, 0.2) is 28.8 Å². The minimum atomic E-state index is -1.40. The molecule has 97 heavy (non-hydrogen) atoms. The molecule has 0 saturated heterocycles. The van der Waals surface area contributed by atoms with Gasteiger partial charge in [-0.3, -0.25) is 24.0 Å². The largest absolute Gasteiger partial charge is 0.489 e. The maximum absolute atomic E-state index is 12.9. The maximum atomic E-state index is 12.9. The highest BCUT2D eigenvalue weighted by atomic mass is 32.1. The molecular formula is C78H60BN3O12S3. The number of nitrogens with one attached hydrogen (secondary N) is 3. The lowest BCUT2D eigenvalue weighted by atomic mass is 9.76. The third-order valence-corrected chi connectivity index (χ3v) is 19.2. The van der Waals surface area contributed by atoms with Crippen LogP contribution in [0.2, 0.25) is 0 Å². The molecule has 0 radical (unpaired) electrons. The second-order valence-corrected chi connectivity index (χ2v) is 25.5. The number of anilines is 3. The first-order valence-corrected chi connectivity index (χ1v) is 33.2. The number of ketones is 2. The number of rotatable bonds is 12. The number of amides is 3. The van der Waals surface area contributed by atoms with Crippen molar-refractivity contribution in [3.8, 4) is 22.3 Å². The van der Waals surface area contributed by atoms with Gasteiger partial charge in [0.1, 0.15) is 37.3 Å². The average molecular weight is 1340 g/mol. The summed E-state index contributed by atoms with van der Waals surface area (Å²) >= 11 is 3.87. The topological polar surface area (TPSA) is 239 Å².